The SMILES string of the molecule is CCCCCCCCCCCCCCCCCCC(=O)O[C@H](COC(=O)CCCCCCC)COP(=O)(O)OC[C@H](O)COP(=O)(O)OC[C@@H](COC(=O)CCCCCCCCCCCCCCCCC(C)C)OC(=O)CCCCCCCCCCCCCCCCCCC(C)C. The van der Waals surface area contributed by atoms with Gasteiger partial charge in [0.25, 0.3) is 0 Å². The Bertz CT molecular complexity index is 1870. The monoisotopic (exact) mass is 1420 g/mol. The molecule has 0 aliphatic heterocycles. The van der Waals surface area contributed by atoms with E-state index in [0.29, 0.717) is 25.7 Å². The summed E-state index contributed by atoms with van der Waals surface area (Å²) >= 11 is 0. The maximum atomic E-state index is 13.1. The molecule has 0 aromatic carbocycles. The molecule has 5 atom stereocenters. The van der Waals surface area contributed by atoms with Gasteiger partial charge in [-0.15, -0.1) is 0 Å². The van der Waals surface area contributed by atoms with Crippen LogP contribution in [0.4, 0.5) is 0 Å². The number of hydrogen-bond acceptors (Lipinski definition) is 15. The molecule has 0 radical (unpaired) electrons. The standard InChI is InChI=1S/C78H152O17P2/c1-7-9-11-13-14-15-16-17-18-22-29-34-39-44-50-56-62-77(82)94-73(66-88-75(80)60-54-46-12-10-8-2)68-92-96(84,85)90-64-72(79)65-91-97(86,87)93-69-74(67-89-76(81)61-55-49-43-38-33-28-25-24-27-32-37-42-48-53-59-71(5)6)95-78(83)63-57-51-45-40-35-30-23-20-19-21-26-31-36-41-47-52-58-70(3)4/h70-74,79H,7-69H2,1-6H3,(H,84,85)(H,86,87)/t72-,73+,74+/m0/s1. The summed E-state index contributed by atoms with van der Waals surface area (Å²) in [6.45, 7) is 9.58. The van der Waals surface area contributed by atoms with Crippen LogP contribution in [0.15, 0.2) is 0 Å². The summed E-state index contributed by atoms with van der Waals surface area (Å²) in [6.07, 6.45) is 58.7. The molecule has 3 N–H and O–H groups in total. The summed E-state index contributed by atoms with van der Waals surface area (Å²) in [5.41, 5.74) is 0. The van der Waals surface area contributed by atoms with Gasteiger partial charge in [-0.05, 0) is 37.5 Å². The van der Waals surface area contributed by atoms with Gasteiger partial charge in [-0.3, -0.25) is 37.3 Å². The van der Waals surface area contributed by atoms with Gasteiger partial charge in [0.1, 0.15) is 19.3 Å². The average molecular weight is 1420 g/mol. The molecule has 0 saturated heterocycles. The minimum atomic E-state index is -4.96. The molecule has 0 aliphatic rings. The van der Waals surface area contributed by atoms with Crippen LogP contribution in [-0.4, -0.2) is 96.7 Å². The van der Waals surface area contributed by atoms with Crippen LogP contribution in [0.2, 0.25) is 0 Å². The molecule has 2 unspecified atom stereocenters. The van der Waals surface area contributed by atoms with Gasteiger partial charge in [-0.2, -0.15) is 0 Å². The highest BCUT2D eigenvalue weighted by molar-refractivity contribution is 7.47. The number of aliphatic hydroxyl groups is 1. The number of rotatable bonds is 77. The van der Waals surface area contributed by atoms with Crippen LogP contribution in [0, 0.1) is 11.8 Å². The van der Waals surface area contributed by atoms with Crippen LogP contribution >= 0.6 is 15.6 Å². The third kappa shape index (κ3) is 72.2. The number of esters is 4. The van der Waals surface area contributed by atoms with Crippen molar-refractivity contribution in [1.29, 1.82) is 0 Å². The number of carbonyl (C=O) groups excluding carboxylic acids is 4. The highest BCUT2D eigenvalue weighted by atomic mass is 31.2. The minimum absolute atomic E-state index is 0.107. The zero-order chi connectivity index (χ0) is 71.4. The molecule has 0 fully saturated rings. The predicted octanol–water partition coefficient (Wildman–Crippen LogP) is 23.1. The van der Waals surface area contributed by atoms with Crippen molar-refractivity contribution in [3.8, 4) is 0 Å². The molecule has 19 heteroatoms. The third-order valence-corrected chi connectivity index (χ3v) is 20.1. The summed E-state index contributed by atoms with van der Waals surface area (Å²) in [6, 6.07) is 0. The van der Waals surface area contributed by atoms with Crippen LogP contribution in [0.25, 0.3) is 0 Å². The number of aliphatic hydroxyl groups excluding tert-OH is 1. The molecule has 97 heavy (non-hydrogen) atoms. The molecule has 0 aromatic rings. The Morgan fingerprint density at radius 1 is 0.278 bits per heavy atom. The lowest BCUT2D eigenvalue weighted by atomic mass is 10.0. The van der Waals surface area contributed by atoms with Crippen molar-refractivity contribution in [2.45, 2.75) is 426 Å². The summed E-state index contributed by atoms with van der Waals surface area (Å²) in [4.78, 5) is 72.6. The Balaban J connectivity index is 5.13. The molecule has 0 spiro atoms. The molecule has 0 bridgehead atoms. The largest absolute Gasteiger partial charge is 0.472 e. The second kappa shape index (κ2) is 69.8. The molecular weight excluding hydrogens is 1270 g/mol. The molecule has 0 rings (SSSR count). The molecule has 17 nitrogen and oxygen atoms in total. The van der Waals surface area contributed by atoms with Crippen molar-refractivity contribution in [2.24, 2.45) is 11.8 Å². The van der Waals surface area contributed by atoms with Gasteiger partial charge in [0.15, 0.2) is 12.2 Å². The van der Waals surface area contributed by atoms with Gasteiger partial charge in [-0.1, -0.05) is 356 Å². The van der Waals surface area contributed by atoms with E-state index in [4.69, 9.17) is 37.0 Å². The van der Waals surface area contributed by atoms with E-state index in [1.165, 1.54) is 218 Å². The summed E-state index contributed by atoms with van der Waals surface area (Å²) < 4.78 is 68.4. The lowest BCUT2D eigenvalue weighted by Crippen LogP contribution is -2.30. The minimum Gasteiger partial charge on any atom is -0.462 e. The molecule has 576 valence electrons. The van der Waals surface area contributed by atoms with E-state index < -0.39 is 97.5 Å². The topological polar surface area (TPSA) is 237 Å². The highest BCUT2D eigenvalue weighted by Gasteiger charge is 2.30. The second-order valence-electron chi connectivity index (χ2n) is 29.1. The number of hydrogen-bond donors (Lipinski definition) is 3. The smallest absolute Gasteiger partial charge is 0.462 e. The van der Waals surface area contributed by atoms with Gasteiger partial charge in [0.2, 0.25) is 0 Å². The fourth-order valence-corrected chi connectivity index (χ4v) is 13.6. The second-order valence-corrected chi connectivity index (χ2v) is 32.0. The molecule has 0 amide bonds. The Morgan fingerprint density at radius 3 is 0.701 bits per heavy atom. The van der Waals surface area contributed by atoms with Crippen molar-refractivity contribution >= 4 is 39.5 Å². The first-order valence-corrected chi connectivity index (χ1v) is 43.5. The molecule has 0 aliphatic carbocycles. The number of ether oxygens (including phenoxy) is 4. The van der Waals surface area contributed by atoms with Crippen molar-refractivity contribution in [2.75, 3.05) is 39.6 Å². The van der Waals surface area contributed by atoms with Gasteiger partial charge in [0, 0.05) is 25.7 Å². The van der Waals surface area contributed by atoms with E-state index in [2.05, 4.69) is 41.5 Å². The molecule has 0 heterocycles. The molecular formula is C78H152O17P2. The normalized spacial score (nSPS) is 14.0. The van der Waals surface area contributed by atoms with E-state index in [1.807, 2.05) is 0 Å². The van der Waals surface area contributed by atoms with Crippen molar-refractivity contribution in [1.82, 2.24) is 0 Å². The van der Waals surface area contributed by atoms with E-state index in [9.17, 15) is 43.2 Å². The fraction of sp³-hybridized carbons (Fsp3) is 0.949. The molecule has 0 aromatic heterocycles. The van der Waals surface area contributed by atoms with Crippen LogP contribution in [-0.2, 0) is 65.4 Å². The van der Waals surface area contributed by atoms with Gasteiger partial charge >= 0.3 is 39.5 Å². The number of carbonyl (C=O) groups is 4. The van der Waals surface area contributed by atoms with Gasteiger partial charge in [0.05, 0.1) is 26.4 Å². The first kappa shape index (κ1) is 95.1. The van der Waals surface area contributed by atoms with Gasteiger partial charge < -0.3 is 33.8 Å². The van der Waals surface area contributed by atoms with Crippen LogP contribution < -0.4 is 0 Å². The van der Waals surface area contributed by atoms with E-state index >= 15 is 0 Å². The number of phosphoric ester groups is 2. The van der Waals surface area contributed by atoms with Crippen LogP contribution in [0.3, 0.4) is 0 Å². The quantitative estimate of drug-likeness (QED) is 0.0222. The lowest BCUT2D eigenvalue weighted by molar-refractivity contribution is -0.161. The van der Waals surface area contributed by atoms with Crippen LogP contribution in [0.1, 0.15) is 408 Å². The van der Waals surface area contributed by atoms with E-state index in [0.717, 1.165) is 108 Å². The van der Waals surface area contributed by atoms with E-state index in [1.54, 1.807) is 0 Å². The van der Waals surface area contributed by atoms with E-state index in [-0.39, 0.29) is 25.7 Å². The Morgan fingerprint density at radius 2 is 0.474 bits per heavy atom. The Labute approximate surface area is 594 Å². The Hall–Kier alpha value is -1.94. The zero-order valence-electron chi connectivity index (χ0n) is 63.4. The number of unbranched alkanes of at least 4 members (excludes halogenated alkanes) is 47. The van der Waals surface area contributed by atoms with Crippen molar-refractivity contribution in [3.05, 3.63) is 0 Å². The zero-order valence-corrected chi connectivity index (χ0v) is 65.2. The summed E-state index contributed by atoms with van der Waals surface area (Å²) in [7, 11) is -9.90. The first-order valence-electron chi connectivity index (χ1n) is 40.5. The highest BCUT2D eigenvalue weighted by Crippen LogP contribution is 2.45. The lowest BCUT2D eigenvalue weighted by Gasteiger charge is -2.21. The third-order valence-electron chi connectivity index (χ3n) is 18.2. The first-order chi connectivity index (χ1) is 46.9. The maximum absolute atomic E-state index is 13.1. The Kier molecular flexibility index (Phi) is 68.4. The predicted molar refractivity (Wildman–Crippen MR) is 395 cm³/mol. The number of phosphoric acid groups is 2. The summed E-state index contributed by atoms with van der Waals surface area (Å²) in [5, 5.41) is 10.6. The molecule has 0 saturated carbocycles. The average Bonchev–Trinajstić information content (AvgIpc) is 1.52. The van der Waals surface area contributed by atoms with Gasteiger partial charge in [-0.25, -0.2) is 9.13 Å². The van der Waals surface area contributed by atoms with Crippen molar-refractivity contribution in [3.63, 3.8) is 0 Å². The van der Waals surface area contributed by atoms with Crippen LogP contribution in [0.5, 0.6) is 0 Å². The van der Waals surface area contributed by atoms with Crippen molar-refractivity contribution < 1.29 is 80.2 Å². The summed E-state index contributed by atoms with van der Waals surface area (Å²) in [5.74, 6) is -0.514. The maximum Gasteiger partial charge on any atom is 0.472 e. The fourth-order valence-electron chi connectivity index (χ4n) is 12.0.